The Hall–Kier alpha value is -3.34. The molecular formula is C19H22N4O6S. The summed E-state index contributed by atoms with van der Waals surface area (Å²) in [5.74, 6) is -2.47. The Morgan fingerprint density at radius 1 is 1.07 bits per heavy atom. The highest BCUT2D eigenvalue weighted by Gasteiger charge is 2.27. The molecule has 0 fully saturated rings. The van der Waals surface area contributed by atoms with Crippen LogP contribution in [-0.4, -0.2) is 65.9 Å². The number of carbonyl (C=O) groups excluding carboxylic acids is 4. The van der Waals surface area contributed by atoms with E-state index in [-0.39, 0.29) is 28.8 Å². The number of hydrogen-bond donors (Lipinski definition) is 1. The van der Waals surface area contributed by atoms with Crippen molar-refractivity contribution in [2.45, 2.75) is 20.8 Å². The molecule has 0 saturated carbocycles. The quantitative estimate of drug-likeness (QED) is 0.654. The van der Waals surface area contributed by atoms with Gasteiger partial charge in [-0.3, -0.25) is 14.6 Å². The molecule has 0 atom stereocenters. The summed E-state index contributed by atoms with van der Waals surface area (Å²) in [6.07, 6.45) is 2.65. The van der Waals surface area contributed by atoms with Gasteiger partial charge in [0.05, 0.1) is 28.9 Å². The van der Waals surface area contributed by atoms with Crippen molar-refractivity contribution in [3.05, 3.63) is 39.8 Å². The zero-order valence-electron chi connectivity index (χ0n) is 17.3. The van der Waals surface area contributed by atoms with Gasteiger partial charge >= 0.3 is 11.9 Å². The topological polar surface area (TPSA) is 128 Å². The molecule has 2 aromatic heterocycles. The van der Waals surface area contributed by atoms with E-state index in [1.54, 1.807) is 34.9 Å². The van der Waals surface area contributed by atoms with E-state index in [9.17, 15) is 19.2 Å². The molecule has 2 heterocycles. The molecule has 1 N–H and O–H groups in total. The smallest absolute Gasteiger partial charge is 0.359 e. The Bertz CT molecular complexity index is 968. The Balaban J connectivity index is 2.17. The second-order valence-electron chi connectivity index (χ2n) is 6.35. The molecule has 0 saturated heterocycles. The summed E-state index contributed by atoms with van der Waals surface area (Å²) < 4.78 is 9.97. The van der Waals surface area contributed by atoms with Crippen LogP contribution in [-0.2, 0) is 14.3 Å². The lowest BCUT2D eigenvalue weighted by molar-refractivity contribution is -0.119. The van der Waals surface area contributed by atoms with Crippen LogP contribution in [0.2, 0.25) is 0 Å². The molecule has 30 heavy (non-hydrogen) atoms. The average Bonchev–Trinajstić information content (AvgIpc) is 3.01. The Kier molecular flexibility index (Phi) is 7.59. The zero-order valence-corrected chi connectivity index (χ0v) is 18.1. The number of ether oxygens (including phenoxy) is 2. The van der Waals surface area contributed by atoms with Gasteiger partial charge in [-0.05, 0) is 26.3 Å². The highest BCUT2D eigenvalue weighted by molar-refractivity contribution is 7.18. The van der Waals surface area contributed by atoms with Crippen LogP contribution in [0.3, 0.4) is 0 Å². The van der Waals surface area contributed by atoms with Gasteiger partial charge in [-0.2, -0.15) is 0 Å². The summed E-state index contributed by atoms with van der Waals surface area (Å²) in [6, 6.07) is 0. The molecule has 11 heteroatoms. The van der Waals surface area contributed by atoms with Crippen LogP contribution in [0, 0.1) is 13.8 Å². The molecule has 0 bridgehead atoms. The van der Waals surface area contributed by atoms with Gasteiger partial charge in [0.2, 0.25) is 0 Å². The summed E-state index contributed by atoms with van der Waals surface area (Å²) >= 11 is 0.950. The lowest BCUT2D eigenvalue weighted by Gasteiger charge is -2.09. The molecule has 0 aliphatic rings. The highest BCUT2D eigenvalue weighted by atomic mass is 32.1. The summed E-state index contributed by atoms with van der Waals surface area (Å²) in [5.41, 5.74) is 1.09. The first-order valence-corrected chi connectivity index (χ1v) is 9.75. The van der Waals surface area contributed by atoms with E-state index in [1.807, 2.05) is 0 Å². The van der Waals surface area contributed by atoms with Gasteiger partial charge in [-0.1, -0.05) is 0 Å². The molecule has 2 rings (SSSR count). The Morgan fingerprint density at radius 2 is 1.77 bits per heavy atom. The van der Waals surface area contributed by atoms with Crippen molar-refractivity contribution in [2.24, 2.45) is 0 Å². The van der Waals surface area contributed by atoms with E-state index < -0.39 is 24.5 Å². The van der Waals surface area contributed by atoms with E-state index in [0.29, 0.717) is 16.1 Å². The maximum absolute atomic E-state index is 12.4. The minimum atomic E-state index is -0.811. The Morgan fingerprint density at radius 3 is 2.33 bits per heavy atom. The van der Waals surface area contributed by atoms with Gasteiger partial charge in [0.25, 0.3) is 11.8 Å². The first-order chi connectivity index (χ1) is 14.1. The average molecular weight is 434 g/mol. The fraction of sp³-hybridized carbons (Fsp3) is 0.368. The van der Waals surface area contributed by atoms with E-state index in [2.05, 4.69) is 15.3 Å². The summed E-state index contributed by atoms with van der Waals surface area (Å²) in [4.78, 5) is 58.5. The molecule has 0 spiro atoms. The van der Waals surface area contributed by atoms with Gasteiger partial charge in [-0.15, -0.1) is 11.3 Å². The van der Waals surface area contributed by atoms with E-state index >= 15 is 0 Å². The van der Waals surface area contributed by atoms with E-state index in [1.165, 1.54) is 17.3 Å². The van der Waals surface area contributed by atoms with E-state index in [0.717, 1.165) is 11.3 Å². The number of aryl methyl sites for hydroxylation is 1. The molecular weight excluding hydrogens is 412 g/mol. The third-order valence-corrected chi connectivity index (χ3v) is 5.00. The van der Waals surface area contributed by atoms with Gasteiger partial charge in [0, 0.05) is 20.3 Å². The van der Waals surface area contributed by atoms with Gasteiger partial charge < -0.3 is 19.7 Å². The van der Waals surface area contributed by atoms with Crippen molar-refractivity contribution < 1.29 is 28.7 Å². The van der Waals surface area contributed by atoms with Crippen LogP contribution in [0.25, 0.3) is 0 Å². The molecule has 10 nitrogen and oxygen atoms in total. The molecule has 0 aliphatic carbocycles. The lowest BCUT2D eigenvalue weighted by Crippen LogP contribution is -2.22. The number of rotatable bonds is 7. The van der Waals surface area contributed by atoms with Gasteiger partial charge in [0.15, 0.2) is 12.3 Å². The fourth-order valence-corrected chi connectivity index (χ4v) is 3.56. The second kappa shape index (κ2) is 9.92. The molecule has 2 amide bonds. The molecule has 2 aromatic rings. The third kappa shape index (κ3) is 5.38. The largest absolute Gasteiger partial charge is 0.462 e. The molecule has 0 aromatic carbocycles. The number of hydrogen-bond acceptors (Lipinski definition) is 9. The maximum atomic E-state index is 12.4. The molecule has 0 unspecified atom stereocenters. The first-order valence-electron chi connectivity index (χ1n) is 8.93. The summed E-state index contributed by atoms with van der Waals surface area (Å²) in [5, 5.41) is 2.66. The third-order valence-electron chi connectivity index (χ3n) is 3.80. The number of nitrogens with one attached hydrogen (secondary N) is 1. The minimum absolute atomic E-state index is 0.0357. The van der Waals surface area contributed by atoms with Crippen LogP contribution < -0.4 is 5.32 Å². The Labute approximate surface area is 177 Å². The predicted molar refractivity (Wildman–Crippen MR) is 109 cm³/mol. The number of thiophene rings is 1. The first kappa shape index (κ1) is 22.9. The standard InChI is InChI=1S/C19H22N4O6S/c1-6-28-19(27)14-11(3)15(17(25)23(4)5)30-16(14)22-13(24)9-29-18(26)12-8-20-10(2)7-21-12/h7-8H,6,9H2,1-5H3,(H,22,24). The molecule has 0 aliphatic heterocycles. The van der Waals surface area contributed by atoms with Crippen molar-refractivity contribution >= 4 is 40.1 Å². The minimum Gasteiger partial charge on any atom is -0.462 e. The van der Waals surface area contributed by atoms with Crippen LogP contribution >= 0.6 is 11.3 Å². The SMILES string of the molecule is CCOC(=O)c1c(NC(=O)COC(=O)c2cnc(C)cn2)sc(C(=O)N(C)C)c1C. The van der Waals surface area contributed by atoms with Gasteiger partial charge in [0.1, 0.15) is 5.00 Å². The highest BCUT2D eigenvalue weighted by Crippen LogP contribution is 2.34. The van der Waals surface area contributed by atoms with Crippen LogP contribution in [0.15, 0.2) is 12.4 Å². The second-order valence-corrected chi connectivity index (χ2v) is 7.37. The van der Waals surface area contributed by atoms with E-state index in [4.69, 9.17) is 9.47 Å². The summed E-state index contributed by atoms with van der Waals surface area (Å²) in [7, 11) is 3.16. The number of esters is 2. The zero-order chi connectivity index (χ0) is 22.4. The maximum Gasteiger partial charge on any atom is 0.359 e. The van der Waals surface area contributed by atoms with Crippen molar-refractivity contribution in [1.82, 2.24) is 14.9 Å². The summed E-state index contributed by atoms with van der Waals surface area (Å²) in [6.45, 7) is 4.50. The van der Waals surface area contributed by atoms with Crippen molar-refractivity contribution in [3.8, 4) is 0 Å². The predicted octanol–water partition coefficient (Wildman–Crippen LogP) is 1.83. The fourth-order valence-electron chi connectivity index (χ4n) is 2.32. The van der Waals surface area contributed by atoms with Crippen molar-refractivity contribution in [2.75, 3.05) is 32.6 Å². The number of nitrogens with zero attached hydrogens (tertiary/aromatic N) is 3. The van der Waals surface area contributed by atoms with Crippen LogP contribution in [0.5, 0.6) is 0 Å². The van der Waals surface area contributed by atoms with Crippen molar-refractivity contribution in [3.63, 3.8) is 0 Å². The molecule has 0 radical (unpaired) electrons. The normalized spacial score (nSPS) is 10.3. The monoisotopic (exact) mass is 434 g/mol. The number of aromatic nitrogens is 2. The van der Waals surface area contributed by atoms with Crippen molar-refractivity contribution in [1.29, 1.82) is 0 Å². The number of carbonyl (C=O) groups is 4. The van der Waals surface area contributed by atoms with Crippen LogP contribution in [0.4, 0.5) is 5.00 Å². The molecule has 160 valence electrons. The number of anilines is 1. The number of amides is 2. The van der Waals surface area contributed by atoms with Crippen LogP contribution in [0.1, 0.15) is 48.7 Å². The van der Waals surface area contributed by atoms with Gasteiger partial charge in [-0.25, -0.2) is 14.6 Å². The lowest BCUT2D eigenvalue weighted by atomic mass is 10.1.